The molecule has 1 N–H and O–H groups in total. The van der Waals surface area contributed by atoms with Gasteiger partial charge in [0.25, 0.3) is 0 Å². The van der Waals surface area contributed by atoms with Crippen molar-refractivity contribution in [2.24, 2.45) is 5.92 Å². The van der Waals surface area contributed by atoms with Crippen LogP contribution in [-0.4, -0.2) is 48.5 Å². The van der Waals surface area contributed by atoms with E-state index >= 15 is 0 Å². The maximum atomic E-state index is 13.5. The van der Waals surface area contributed by atoms with Gasteiger partial charge in [-0.1, -0.05) is 86.3 Å². The molecule has 3 aliphatic heterocycles. The number of hydrogen-bond donors (Lipinski definition) is 1. The van der Waals surface area contributed by atoms with Crippen LogP contribution in [0.4, 0.5) is 5.69 Å². The Balaban J connectivity index is 0.00000320. The monoisotopic (exact) mass is 499 g/mol. The summed E-state index contributed by atoms with van der Waals surface area (Å²) < 4.78 is 7.21. The lowest BCUT2D eigenvalue weighted by atomic mass is 9.83. The van der Waals surface area contributed by atoms with Gasteiger partial charge < -0.3 is 14.5 Å². The second-order valence-corrected chi connectivity index (χ2v) is 10.3. The summed E-state index contributed by atoms with van der Waals surface area (Å²) >= 11 is 0. The summed E-state index contributed by atoms with van der Waals surface area (Å²) in [5, 5.41) is 3.38. The van der Waals surface area contributed by atoms with E-state index in [1.165, 1.54) is 0 Å². The number of ether oxygens (including phenoxy) is 1. The van der Waals surface area contributed by atoms with Crippen LogP contribution >= 0.6 is 0 Å². The molecule has 3 saturated heterocycles. The number of esters is 1. The standard InChI is InChI=1S/C31H35N2O3.CH4/c34-28(24-11-4-1-5-12-24)17-10-20-33-21-18-25(19-22-33)29(23-33)36-31(35)30(26-13-6-2-7-14-26)32-27-15-8-3-9-16-27;/h1-9,11-16,25,29-30,32H,10,17-23H2;1H4/q+1;/t25?,29-,30+,33?;/m0./s1. The van der Waals surface area contributed by atoms with Crippen LogP contribution < -0.4 is 5.32 Å². The van der Waals surface area contributed by atoms with Gasteiger partial charge in [-0.2, -0.15) is 0 Å². The molecular weight excluding hydrogens is 460 g/mol. The molecule has 0 saturated carbocycles. The van der Waals surface area contributed by atoms with Crippen LogP contribution in [0.1, 0.15) is 55.1 Å². The highest BCUT2D eigenvalue weighted by Gasteiger charge is 2.47. The second-order valence-electron chi connectivity index (χ2n) is 10.3. The van der Waals surface area contributed by atoms with Crippen LogP contribution in [-0.2, 0) is 9.53 Å². The zero-order chi connectivity index (χ0) is 24.8. The molecule has 0 unspecified atom stereocenters. The third kappa shape index (κ3) is 6.47. The van der Waals surface area contributed by atoms with E-state index in [9.17, 15) is 9.59 Å². The van der Waals surface area contributed by atoms with Crippen molar-refractivity contribution in [3.8, 4) is 0 Å². The number of Topliss-reactive ketones (excluding diaryl/α,β-unsaturated/α-hetero) is 1. The fourth-order valence-electron chi connectivity index (χ4n) is 5.85. The molecule has 3 aromatic carbocycles. The predicted molar refractivity (Wildman–Crippen MR) is 148 cm³/mol. The summed E-state index contributed by atoms with van der Waals surface area (Å²) in [4.78, 5) is 26.1. The number of carbonyl (C=O) groups is 2. The summed E-state index contributed by atoms with van der Waals surface area (Å²) in [7, 11) is 0. The summed E-state index contributed by atoms with van der Waals surface area (Å²) in [5.74, 6) is 0.413. The van der Waals surface area contributed by atoms with Gasteiger partial charge in [0, 0.05) is 42.9 Å². The second kappa shape index (κ2) is 12.2. The first kappa shape index (κ1) is 26.6. The number of piperidine rings is 3. The smallest absolute Gasteiger partial charge is 0.333 e. The molecule has 0 radical (unpaired) electrons. The number of fused-ring (bicyclic) bond motifs is 3. The number of rotatable bonds is 10. The Morgan fingerprint density at radius 2 is 1.46 bits per heavy atom. The van der Waals surface area contributed by atoms with Crippen molar-refractivity contribution in [2.75, 3.05) is 31.5 Å². The van der Waals surface area contributed by atoms with Crippen molar-refractivity contribution in [3.63, 3.8) is 0 Å². The minimum Gasteiger partial charge on any atom is -0.454 e. The molecule has 0 aromatic heterocycles. The zero-order valence-corrected chi connectivity index (χ0v) is 20.7. The van der Waals surface area contributed by atoms with Crippen LogP contribution in [0, 0.1) is 5.92 Å². The van der Waals surface area contributed by atoms with Gasteiger partial charge in [-0.3, -0.25) is 4.79 Å². The minimum absolute atomic E-state index is 0. The lowest BCUT2D eigenvalue weighted by molar-refractivity contribution is -0.946. The van der Waals surface area contributed by atoms with Gasteiger partial charge in [0.1, 0.15) is 6.54 Å². The van der Waals surface area contributed by atoms with E-state index in [1.54, 1.807) is 0 Å². The first-order valence-electron chi connectivity index (χ1n) is 13.1. The van der Waals surface area contributed by atoms with Gasteiger partial charge in [0.15, 0.2) is 17.9 Å². The lowest BCUT2D eigenvalue weighted by Gasteiger charge is -2.52. The van der Waals surface area contributed by atoms with Crippen molar-refractivity contribution in [1.29, 1.82) is 0 Å². The summed E-state index contributed by atoms with van der Waals surface area (Å²) in [6.45, 7) is 4.04. The number of anilines is 1. The third-order valence-corrected chi connectivity index (χ3v) is 7.89. The molecule has 2 bridgehead atoms. The van der Waals surface area contributed by atoms with Gasteiger partial charge in [0.2, 0.25) is 0 Å². The van der Waals surface area contributed by atoms with Crippen LogP contribution in [0.25, 0.3) is 0 Å². The molecule has 2 atom stereocenters. The number of nitrogens with one attached hydrogen (secondary N) is 1. The summed E-state index contributed by atoms with van der Waals surface area (Å²) in [5.41, 5.74) is 2.58. The molecule has 3 fully saturated rings. The van der Waals surface area contributed by atoms with Gasteiger partial charge >= 0.3 is 5.97 Å². The van der Waals surface area contributed by atoms with E-state index < -0.39 is 6.04 Å². The highest BCUT2D eigenvalue weighted by atomic mass is 16.5. The SMILES string of the molecule is C.O=C(CCC[N+]12CCC(CC1)[C@@H](OC(=O)[C@H](Nc1ccccc1)c1ccccc1)C2)c1ccccc1. The molecule has 0 amide bonds. The summed E-state index contributed by atoms with van der Waals surface area (Å²) in [6, 6.07) is 28.6. The normalized spacial score (nSPS) is 22.9. The number of nitrogens with zero attached hydrogens (tertiary/aromatic N) is 1. The van der Waals surface area contributed by atoms with Gasteiger partial charge in [-0.15, -0.1) is 0 Å². The van der Waals surface area contributed by atoms with Crippen LogP contribution in [0.15, 0.2) is 91.0 Å². The fourth-order valence-corrected chi connectivity index (χ4v) is 5.85. The van der Waals surface area contributed by atoms with E-state index in [2.05, 4.69) is 5.32 Å². The molecule has 3 heterocycles. The van der Waals surface area contributed by atoms with Crippen molar-refractivity contribution in [2.45, 2.75) is 45.3 Å². The Labute approximate surface area is 221 Å². The predicted octanol–water partition coefficient (Wildman–Crippen LogP) is 6.29. The van der Waals surface area contributed by atoms with Gasteiger partial charge in [0.05, 0.1) is 19.6 Å². The van der Waals surface area contributed by atoms with E-state index in [0.717, 1.165) is 66.7 Å². The first-order valence-corrected chi connectivity index (χ1v) is 13.1. The number of quaternary nitrogens is 1. The largest absolute Gasteiger partial charge is 0.454 e. The van der Waals surface area contributed by atoms with Gasteiger partial charge in [-0.05, 0) is 17.7 Å². The molecule has 3 aromatic rings. The Kier molecular flexibility index (Phi) is 8.78. The third-order valence-electron chi connectivity index (χ3n) is 7.89. The Morgan fingerprint density at radius 3 is 2.11 bits per heavy atom. The highest BCUT2D eigenvalue weighted by Crippen LogP contribution is 2.37. The Hall–Kier alpha value is -3.44. The summed E-state index contributed by atoms with van der Waals surface area (Å²) in [6.07, 6.45) is 3.50. The van der Waals surface area contributed by atoms with E-state index in [-0.39, 0.29) is 25.3 Å². The molecule has 194 valence electrons. The van der Waals surface area contributed by atoms with E-state index in [4.69, 9.17) is 4.74 Å². The maximum Gasteiger partial charge on any atom is 0.333 e. The zero-order valence-electron chi connectivity index (χ0n) is 20.7. The average Bonchev–Trinajstić information content (AvgIpc) is 2.93. The van der Waals surface area contributed by atoms with Gasteiger partial charge in [-0.25, -0.2) is 4.79 Å². The molecular formula is C32H39N2O3+. The molecule has 37 heavy (non-hydrogen) atoms. The number of para-hydroxylation sites is 1. The molecule has 5 heteroatoms. The molecule has 6 rings (SSSR count). The Bertz CT molecular complexity index is 1140. The molecule has 5 nitrogen and oxygen atoms in total. The lowest BCUT2D eigenvalue weighted by Crippen LogP contribution is -2.64. The number of ketones is 1. The minimum atomic E-state index is -0.555. The average molecular weight is 500 g/mol. The van der Waals surface area contributed by atoms with Crippen molar-refractivity contribution >= 4 is 17.4 Å². The number of carbonyl (C=O) groups excluding carboxylic acids is 2. The number of benzene rings is 3. The topological polar surface area (TPSA) is 55.4 Å². The van der Waals surface area contributed by atoms with Crippen molar-refractivity contribution in [1.82, 2.24) is 0 Å². The van der Waals surface area contributed by atoms with Crippen LogP contribution in [0.2, 0.25) is 0 Å². The fraction of sp³-hybridized carbons (Fsp3) is 0.375. The highest BCUT2D eigenvalue weighted by molar-refractivity contribution is 5.95. The Morgan fingerprint density at radius 1 is 0.865 bits per heavy atom. The van der Waals surface area contributed by atoms with Crippen LogP contribution in [0.5, 0.6) is 0 Å². The van der Waals surface area contributed by atoms with Crippen molar-refractivity contribution < 1.29 is 18.8 Å². The van der Waals surface area contributed by atoms with Crippen LogP contribution in [0.3, 0.4) is 0 Å². The quantitative estimate of drug-likeness (QED) is 0.202. The van der Waals surface area contributed by atoms with E-state index in [0.29, 0.717) is 12.3 Å². The molecule has 3 aliphatic rings. The molecule has 0 spiro atoms. The van der Waals surface area contributed by atoms with Crippen molar-refractivity contribution in [3.05, 3.63) is 102 Å². The maximum absolute atomic E-state index is 13.5. The first-order chi connectivity index (χ1) is 17.6. The number of hydrogen-bond acceptors (Lipinski definition) is 4. The molecule has 0 aliphatic carbocycles. The van der Waals surface area contributed by atoms with E-state index in [1.807, 2.05) is 91.0 Å².